The van der Waals surface area contributed by atoms with E-state index in [0.29, 0.717) is 44.2 Å². The second-order valence-electron chi connectivity index (χ2n) is 7.85. The predicted molar refractivity (Wildman–Crippen MR) is 116 cm³/mol. The number of aromatic nitrogens is 2. The maximum absolute atomic E-state index is 12.8. The van der Waals surface area contributed by atoms with Crippen molar-refractivity contribution in [2.75, 3.05) is 39.3 Å². The van der Waals surface area contributed by atoms with Crippen molar-refractivity contribution in [3.05, 3.63) is 47.3 Å². The molecule has 30 heavy (non-hydrogen) atoms. The summed E-state index contributed by atoms with van der Waals surface area (Å²) in [5.74, 6) is -0.0294. The van der Waals surface area contributed by atoms with Gasteiger partial charge in [0, 0.05) is 45.0 Å². The van der Waals surface area contributed by atoms with Gasteiger partial charge < -0.3 is 5.32 Å². The summed E-state index contributed by atoms with van der Waals surface area (Å²) in [6.45, 7) is 9.46. The maximum atomic E-state index is 12.8. The van der Waals surface area contributed by atoms with E-state index in [1.807, 2.05) is 48.6 Å². The molecule has 3 rings (SSSR count). The largest absolute Gasteiger partial charge is 0.355 e. The molecule has 1 aromatic heterocycles. The summed E-state index contributed by atoms with van der Waals surface area (Å²) in [5, 5.41) is 7.36. The highest BCUT2D eigenvalue weighted by Gasteiger charge is 2.28. The van der Waals surface area contributed by atoms with Crippen molar-refractivity contribution in [2.24, 2.45) is 0 Å². The minimum atomic E-state index is -3.48. The molecule has 0 aliphatic carbocycles. The lowest BCUT2D eigenvalue weighted by Crippen LogP contribution is -2.51. The molecule has 1 saturated heterocycles. The summed E-state index contributed by atoms with van der Waals surface area (Å²) in [5.41, 5.74) is 3.15. The molecule has 0 atom stereocenters. The summed E-state index contributed by atoms with van der Waals surface area (Å²) < 4.78 is 29.0. The van der Waals surface area contributed by atoms with Crippen LogP contribution in [0, 0.1) is 20.8 Å². The molecule has 1 aliphatic heterocycles. The highest BCUT2D eigenvalue weighted by Crippen LogP contribution is 2.18. The third kappa shape index (κ3) is 5.68. The maximum Gasteiger partial charge on any atom is 0.243 e. The first-order valence-electron chi connectivity index (χ1n) is 10.3. The Labute approximate surface area is 178 Å². The molecule has 0 saturated carbocycles. The minimum Gasteiger partial charge on any atom is -0.355 e. The fraction of sp³-hybridized carbons (Fsp3) is 0.524. The van der Waals surface area contributed by atoms with Gasteiger partial charge in [0.05, 0.1) is 17.1 Å². The van der Waals surface area contributed by atoms with Crippen molar-refractivity contribution in [1.29, 1.82) is 0 Å². The molecule has 2 aromatic rings. The van der Waals surface area contributed by atoms with Gasteiger partial charge in [0.25, 0.3) is 0 Å². The van der Waals surface area contributed by atoms with E-state index in [4.69, 9.17) is 0 Å². The Morgan fingerprint density at radius 1 is 1.07 bits per heavy atom. The van der Waals surface area contributed by atoms with Crippen molar-refractivity contribution in [1.82, 2.24) is 24.3 Å². The molecule has 1 aromatic carbocycles. The van der Waals surface area contributed by atoms with E-state index in [-0.39, 0.29) is 5.91 Å². The number of carbonyl (C=O) groups is 1. The Morgan fingerprint density at radius 3 is 2.33 bits per heavy atom. The zero-order valence-electron chi connectivity index (χ0n) is 18.0. The fourth-order valence-corrected chi connectivity index (χ4v) is 5.03. The van der Waals surface area contributed by atoms with Gasteiger partial charge in [0.2, 0.25) is 15.9 Å². The number of aryl methyl sites for hydroxylation is 4. The van der Waals surface area contributed by atoms with Gasteiger partial charge in [-0.15, -0.1) is 0 Å². The molecular formula is C21H31N5O3S. The third-order valence-electron chi connectivity index (χ3n) is 5.33. The van der Waals surface area contributed by atoms with Crippen LogP contribution in [0.3, 0.4) is 0 Å². The van der Waals surface area contributed by atoms with E-state index >= 15 is 0 Å². The number of piperazine rings is 1. The monoisotopic (exact) mass is 433 g/mol. The molecule has 164 valence electrons. The number of amides is 1. The topological polar surface area (TPSA) is 87.5 Å². The number of carbonyl (C=O) groups excluding carboxylic acids is 1. The zero-order valence-corrected chi connectivity index (χ0v) is 18.8. The van der Waals surface area contributed by atoms with Gasteiger partial charge in [-0.3, -0.25) is 14.4 Å². The van der Waals surface area contributed by atoms with Crippen LogP contribution in [0.5, 0.6) is 0 Å². The third-order valence-corrected chi connectivity index (χ3v) is 7.24. The number of hydrogen-bond donors (Lipinski definition) is 1. The van der Waals surface area contributed by atoms with Crippen molar-refractivity contribution in [3.8, 4) is 0 Å². The van der Waals surface area contributed by atoms with Crippen LogP contribution >= 0.6 is 0 Å². The Morgan fingerprint density at radius 2 is 1.73 bits per heavy atom. The van der Waals surface area contributed by atoms with E-state index in [9.17, 15) is 13.2 Å². The average molecular weight is 434 g/mol. The molecule has 1 fully saturated rings. The fourth-order valence-electron chi connectivity index (χ4n) is 3.60. The highest BCUT2D eigenvalue weighted by atomic mass is 32.2. The molecular weight excluding hydrogens is 402 g/mol. The van der Waals surface area contributed by atoms with Crippen LogP contribution in [0.25, 0.3) is 0 Å². The minimum absolute atomic E-state index is 0.0294. The number of nitrogens with one attached hydrogen (secondary N) is 1. The Bertz CT molecular complexity index is 961. The van der Waals surface area contributed by atoms with Crippen LogP contribution in [-0.2, 0) is 21.4 Å². The van der Waals surface area contributed by atoms with Crippen molar-refractivity contribution < 1.29 is 13.2 Å². The summed E-state index contributed by atoms with van der Waals surface area (Å²) in [4.78, 5) is 14.5. The van der Waals surface area contributed by atoms with Gasteiger partial charge in [0.1, 0.15) is 0 Å². The number of benzene rings is 1. The summed E-state index contributed by atoms with van der Waals surface area (Å²) in [7, 11) is -3.48. The highest BCUT2D eigenvalue weighted by molar-refractivity contribution is 7.89. The van der Waals surface area contributed by atoms with Crippen LogP contribution in [0.15, 0.2) is 35.2 Å². The summed E-state index contributed by atoms with van der Waals surface area (Å²) in [6.07, 6.45) is 0.816. The number of nitrogens with zero attached hydrogens (tertiary/aromatic N) is 4. The van der Waals surface area contributed by atoms with E-state index in [1.165, 1.54) is 4.31 Å². The molecule has 8 nitrogen and oxygen atoms in total. The van der Waals surface area contributed by atoms with Gasteiger partial charge in [-0.05, 0) is 45.4 Å². The molecule has 1 aliphatic rings. The molecule has 0 unspecified atom stereocenters. The Hall–Kier alpha value is -2.23. The molecule has 0 spiro atoms. The average Bonchev–Trinajstić information content (AvgIpc) is 3.03. The van der Waals surface area contributed by atoms with Crippen molar-refractivity contribution in [2.45, 2.75) is 38.6 Å². The van der Waals surface area contributed by atoms with Gasteiger partial charge in [-0.25, -0.2) is 8.42 Å². The van der Waals surface area contributed by atoms with Crippen molar-refractivity contribution in [3.63, 3.8) is 0 Å². The molecule has 0 radical (unpaired) electrons. The lowest BCUT2D eigenvalue weighted by atomic mass is 10.2. The van der Waals surface area contributed by atoms with Crippen LogP contribution < -0.4 is 5.32 Å². The van der Waals surface area contributed by atoms with E-state index in [0.717, 1.165) is 29.9 Å². The molecule has 0 bridgehead atoms. The van der Waals surface area contributed by atoms with E-state index < -0.39 is 10.0 Å². The second-order valence-corrected chi connectivity index (χ2v) is 9.78. The smallest absolute Gasteiger partial charge is 0.243 e. The van der Waals surface area contributed by atoms with E-state index in [1.54, 1.807) is 12.1 Å². The molecule has 1 amide bonds. The molecule has 1 N–H and O–H groups in total. The van der Waals surface area contributed by atoms with Crippen molar-refractivity contribution >= 4 is 15.9 Å². The number of rotatable bonds is 8. The second kappa shape index (κ2) is 9.72. The first-order chi connectivity index (χ1) is 14.3. The Kier molecular flexibility index (Phi) is 7.27. The predicted octanol–water partition coefficient (Wildman–Crippen LogP) is 1.32. The van der Waals surface area contributed by atoms with Crippen LogP contribution in [0.1, 0.15) is 23.4 Å². The lowest BCUT2D eigenvalue weighted by molar-refractivity contribution is -0.122. The quantitative estimate of drug-likeness (QED) is 0.635. The summed E-state index contributed by atoms with van der Waals surface area (Å²) >= 11 is 0. The first kappa shape index (κ1) is 22.5. The lowest BCUT2D eigenvalue weighted by Gasteiger charge is -2.33. The van der Waals surface area contributed by atoms with Gasteiger partial charge in [-0.2, -0.15) is 9.40 Å². The molecule has 2 heterocycles. The van der Waals surface area contributed by atoms with Crippen LogP contribution in [0.4, 0.5) is 0 Å². The number of hydrogen-bond acceptors (Lipinski definition) is 5. The Balaban J connectivity index is 1.39. The van der Waals surface area contributed by atoms with E-state index in [2.05, 4.69) is 10.4 Å². The first-order valence-corrected chi connectivity index (χ1v) is 11.8. The standard InChI is InChI=1S/C21H31N5O3S/c1-17-5-7-20(8-6-17)30(28,29)25-13-11-24(12-14-25)16-21(27)22-9-4-10-26-19(3)15-18(2)23-26/h5-8,15H,4,9-14,16H2,1-3H3,(H,22,27). The molecule has 9 heteroatoms. The van der Waals surface area contributed by atoms with Gasteiger partial charge in [-0.1, -0.05) is 17.7 Å². The normalized spacial score (nSPS) is 16.0. The van der Waals surface area contributed by atoms with Crippen LogP contribution in [0.2, 0.25) is 0 Å². The van der Waals surface area contributed by atoms with Gasteiger partial charge >= 0.3 is 0 Å². The number of sulfonamides is 1. The summed E-state index contributed by atoms with van der Waals surface area (Å²) in [6, 6.07) is 8.95. The SMILES string of the molecule is Cc1ccc(S(=O)(=O)N2CCN(CC(=O)NCCCn3nc(C)cc3C)CC2)cc1. The van der Waals surface area contributed by atoms with Gasteiger partial charge in [0.15, 0.2) is 0 Å². The van der Waals surface area contributed by atoms with Crippen LogP contribution in [-0.4, -0.2) is 72.6 Å². The zero-order chi connectivity index (χ0) is 21.7.